The van der Waals surface area contributed by atoms with Crippen molar-refractivity contribution in [2.45, 2.75) is 4.90 Å². The molecule has 4 rings (SSSR count). The van der Waals surface area contributed by atoms with Gasteiger partial charge in [-0.05, 0) is 42.5 Å². The highest BCUT2D eigenvalue weighted by molar-refractivity contribution is 7.91. The first kappa shape index (κ1) is 35.6. The monoisotopic (exact) mass is 716 g/mol. The number of hydrogen-bond acceptors (Lipinski definition) is 18. The maximum absolute atomic E-state index is 12.4. The zero-order valence-electron chi connectivity index (χ0n) is 24.2. The first-order valence-electron chi connectivity index (χ1n) is 13.0. The second-order valence-electron chi connectivity index (χ2n) is 9.33. The van der Waals surface area contributed by atoms with Crippen LogP contribution in [0.1, 0.15) is 0 Å². The average molecular weight is 717 g/mol. The fourth-order valence-electron chi connectivity index (χ4n) is 3.63. The van der Waals surface area contributed by atoms with Crippen LogP contribution in [0, 0.1) is 20.2 Å². The van der Waals surface area contributed by atoms with Gasteiger partial charge in [0.15, 0.2) is 27.0 Å². The first-order valence-corrected chi connectivity index (χ1v) is 16.1. The van der Waals surface area contributed by atoms with Crippen molar-refractivity contribution in [1.82, 2.24) is 0 Å². The lowest BCUT2D eigenvalue weighted by molar-refractivity contribution is -0.385. The molecule has 49 heavy (non-hydrogen) atoms. The van der Waals surface area contributed by atoms with Crippen LogP contribution in [0.3, 0.4) is 0 Å². The topological polar surface area (TPSA) is 319 Å². The Hall–Kier alpha value is -6.30. The molecule has 0 heterocycles. The normalized spacial score (nSPS) is 12.3. The van der Waals surface area contributed by atoms with Crippen molar-refractivity contribution in [3.63, 3.8) is 0 Å². The lowest BCUT2D eigenvalue weighted by Crippen LogP contribution is -2.15. The molecule has 0 aliphatic rings. The summed E-state index contributed by atoms with van der Waals surface area (Å²) in [4.78, 5) is 20.2. The van der Waals surface area contributed by atoms with E-state index in [1.807, 2.05) is 0 Å². The number of nitrogens with zero attached hydrogens (tertiary/aromatic N) is 8. The lowest BCUT2D eigenvalue weighted by Gasteiger charge is -2.07. The van der Waals surface area contributed by atoms with Gasteiger partial charge in [0.1, 0.15) is 22.8 Å². The average Bonchev–Trinajstić information content (AvgIpc) is 3.04. The third kappa shape index (κ3) is 9.38. The summed E-state index contributed by atoms with van der Waals surface area (Å²) >= 11 is 0. The van der Waals surface area contributed by atoms with Crippen molar-refractivity contribution in [3.05, 3.63) is 93.0 Å². The molecule has 0 saturated carbocycles. The van der Waals surface area contributed by atoms with Gasteiger partial charge >= 0.3 is 10.4 Å². The number of non-ortho nitro benzene ring substituents is 2. The van der Waals surface area contributed by atoms with Crippen LogP contribution in [0.2, 0.25) is 0 Å². The van der Waals surface area contributed by atoms with Crippen molar-refractivity contribution >= 4 is 65.7 Å². The van der Waals surface area contributed by atoms with Crippen LogP contribution < -0.4 is 0 Å². The number of phenolic OH excluding ortho intramolecular Hbond substituents is 3. The predicted octanol–water partition coefficient (Wildman–Crippen LogP) is 6.46. The van der Waals surface area contributed by atoms with E-state index in [1.54, 1.807) is 0 Å². The second kappa shape index (κ2) is 14.6. The summed E-state index contributed by atoms with van der Waals surface area (Å²) in [6, 6.07) is 13.4. The quantitative estimate of drug-likeness (QED) is 0.0500. The number of nitro benzene ring substituents is 2. The molecule has 23 heteroatoms. The molecule has 0 saturated heterocycles. The number of aromatic hydroxyl groups is 3. The minimum absolute atomic E-state index is 0.00354. The molecule has 0 amide bonds. The first-order chi connectivity index (χ1) is 23.0. The molecular formula is C26H20N8O13S2. The standard InChI is InChI=1S/C26H20N8O13S2/c35-23-13-18(34(40)41)7-10-20(23)29-31-22-14-21(30-27-15-1-5-17(6-2-15)33(38)39)25(36)24(26(22)37)32-28-16-3-8-19(9-4-16)48(42,43)12-11-47-49(44,45)46/h1-10,13-14,35-37H,11-12H2,(H,44,45,46)/b30-27-,31-29+,32-28+. The van der Waals surface area contributed by atoms with E-state index in [9.17, 15) is 52.4 Å². The van der Waals surface area contributed by atoms with E-state index in [4.69, 9.17) is 4.55 Å². The van der Waals surface area contributed by atoms with Crippen LogP contribution in [-0.2, 0) is 24.4 Å². The number of sulfone groups is 1. The number of rotatable bonds is 13. The molecular weight excluding hydrogens is 696 g/mol. The van der Waals surface area contributed by atoms with Crippen molar-refractivity contribution < 1.29 is 50.7 Å². The van der Waals surface area contributed by atoms with E-state index in [0.717, 1.165) is 48.5 Å². The summed E-state index contributed by atoms with van der Waals surface area (Å²) in [6.07, 6.45) is 0. The van der Waals surface area contributed by atoms with E-state index >= 15 is 0 Å². The zero-order chi connectivity index (χ0) is 35.9. The lowest BCUT2D eigenvalue weighted by atomic mass is 10.2. The molecule has 4 aromatic rings. The molecule has 0 radical (unpaired) electrons. The Morgan fingerprint density at radius 2 is 1.12 bits per heavy atom. The van der Waals surface area contributed by atoms with Gasteiger partial charge in [-0.2, -0.15) is 18.6 Å². The molecule has 254 valence electrons. The second-order valence-corrected chi connectivity index (χ2v) is 12.5. The Balaban J connectivity index is 1.69. The third-order valence-electron chi connectivity index (χ3n) is 6.02. The van der Waals surface area contributed by atoms with Crippen molar-refractivity contribution in [2.75, 3.05) is 12.4 Å². The summed E-state index contributed by atoms with van der Waals surface area (Å²) in [6.45, 7) is -0.845. The highest BCUT2D eigenvalue weighted by Crippen LogP contribution is 2.50. The Labute approximate surface area is 274 Å². The minimum atomic E-state index is -4.84. The summed E-state index contributed by atoms with van der Waals surface area (Å²) in [5.41, 5.74) is -2.16. The summed E-state index contributed by atoms with van der Waals surface area (Å²) in [7, 11) is -8.89. The Kier molecular flexibility index (Phi) is 10.6. The van der Waals surface area contributed by atoms with Gasteiger partial charge in [0.05, 0.1) is 44.5 Å². The van der Waals surface area contributed by atoms with Crippen molar-refractivity contribution in [2.24, 2.45) is 30.7 Å². The highest BCUT2D eigenvalue weighted by Gasteiger charge is 2.20. The van der Waals surface area contributed by atoms with Gasteiger partial charge in [-0.1, -0.05) is 0 Å². The van der Waals surface area contributed by atoms with E-state index in [0.29, 0.717) is 0 Å². The molecule has 0 unspecified atom stereocenters. The fraction of sp³-hybridized carbons (Fsp3) is 0.0769. The third-order valence-corrected chi connectivity index (χ3v) is 8.18. The number of nitro groups is 2. The number of phenols is 3. The van der Waals surface area contributed by atoms with Gasteiger partial charge in [0.25, 0.3) is 11.4 Å². The SMILES string of the molecule is O=[N+]([O-])c1ccc(/N=N\c2cc(/N=N/c3ccc([N+](=O)[O-])cc3O)c(O)c(/N=N/c3ccc(S(=O)(=O)CCOS(=O)(=O)O)cc3)c2O)cc1. The highest BCUT2D eigenvalue weighted by atomic mass is 32.3. The Bertz CT molecular complexity index is 2230. The van der Waals surface area contributed by atoms with Crippen molar-refractivity contribution in [3.8, 4) is 17.2 Å². The molecule has 4 N–H and O–H groups in total. The van der Waals surface area contributed by atoms with Gasteiger partial charge in [0.2, 0.25) is 0 Å². The van der Waals surface area contributed by atoms with Crippen LogP contribution in [0.5, 0.6) is 17.2 Å². The van der Waals surface area contributed by atoms with Crippen LogP contribution in [0.15, 0.2) is 108 Å². The van der Waals surface area contributed by atoms with Crippen LogP contribution in [-0.4, -0.2) is 58.9 Å². The summed E-state index contributed by atoms with van der Waals surface area (Å²) in [5.74, 6) is -2.99. The summed E-state index contributed by atoms with van der Waals surface area (Å²) in [5, 5.41) is 76.8. The van der Waals surface area contributed by atoms with Crippen LogP contribution in [0.4, 0.5) is 45.5 Å². The fourth-order valence-corrected chi connectivity index (χ4v) is 5.12. The Morgan fingerprint density at radius 1 is 0.633 bits per heavy atom. The maximum atomic E-state index is 12.4. The van der Waals surface area contributed by atoms with Gasteiger partial charge in [-0.15, -0.1) is 20.5 Å². The minimum Gasteiger partial charge on any atom is -0.505 e. The molecule has 21 nitrogen and oxygen atoms in total. The molecule has 0 aliphatic carbocycles. The zero-order valence-corrected chi connectivity index (χ0v) is 25.8. The predicted molar refractivity (Wildman–Crippen MR) is 166 cm³/mol. The van der Waals surface area contributed by atoms with E-state index in [-0.39, 0.29) is 33.3 Å². The van der Waals surface area contributed by atoms with Gasteiger partial charge in [-0.25, -0.2) is 12.6 Å². The van der Waals surface area contributed by atoms with Gasteiger partial charge < -0.3 is 15.3 Å². The van der Waals surface area contributed by atoms with E-state index < -0.39 is 76.8 Å². The number of azo groups is 3. The molecule has 4 aromatic carbocycles. The molecule has 0 fully saturated rings. The largest absolute Gasteiger partial charge is 0.505 e. The molecule has 0 aromatic heterocycles. The van der Waals surface area contributed by atoms with Crippen molar-refractivity contribution in [1.29, 1.82) is 0 Å². The summed E-state index contributed by atoms with van der Waals surface area (Å²) < 4.78 is 58.8. The van der Waals surface area contributed by atoms with Gasteiger partial charge in [0, 0.05) is 24.3 Å². The van der Waals surface area contributed by atoms with E-state index in [1.165, 1.54) is 24.3 Å². The number of benzene rings is 4. The molecule has 0 bridgehead atoms. The van der Waals surface area contributed by atoms with Crippen LogP contribution >= 0.6 is 0 Å². The molecule has 0 spiro atoms. The molecule has 0 aliphatic heterocycles. The maximum Gasteiger partial charge on any atom is 0.397 e. The smallest absolute Gasteiger partial charge is 0.397 e. The van der Waals surface area contributed by atoms with Gasteiger partial charge in [-0.3, -0.25) is 24.8 Å². The van der Waals surface area contributed by atoms with Crippen LogP contribution in [0.25, 0.3) is 0 Å². The number of hydrogen-bond donors (Lipinski definition) is 4. The Morgan fingerprint density at radius 3 is 1.65 bits per heavy atom. The van der Waals surface area contributed by atoms with E-state index in [2.05, 4.69) is 34.9 Å². The molecule has 0 atom stereocenters.